The van der Waals surface area contributed by atoms with Crippen molar-refractivity contribution < 1.29 is 4.79 Å². The number of halogens is 1. The van der Waals surface area contributed by atoms with Crippen molar-refractivity contribution in [1.29, 1.82) is 0 Å². The Hall–Kier alpha value is -1.64. The van der Waals surface area contributed by atoms with Gasteiger partial charge < -0.3 is 5.32 Å². The van der Waals surface area contributed by atoms with E-state index in [4.69, 9.17) is 11.6 Å². The van der Waals surface area contributed by atoms with Gasteiger partial charge in [-0.2, -0.15) is 0 Å². The fourth-order valence-corrected chi connectivity index (χ4v) is 4.47. The molecule has 1 heterocycles. The molecule has 3 heteroatoms. The number of rotatable bonds is 4. The topological polar surface area (TPSA) is 29.1 Å². The Labute approximate surface area is 154 Å². The van der Waals surface area contributed by atoms with Crippen LogP contribution < -0.4 is 5.32 Å². The fourth-order valence-electron chi connectivity index (χ4n) is 4.34. The maximum atomic E-state index is 13.2. The van der Waals surface area contributed by atoms with Gasteiger partial charge in [-0.15, -0.1) is 0 Å². The standard InChI is InChI=1S/C22H24ClNO/c1-14-9-15(2)11-16(10-14)17-12-20(24-13-17)21(25)22(7-8-22)18-3-5-19(23)6-4-18/h3-6,9-11,17,20,24H,7-8,12-13H2,1-2H3. The summed E-state index contributed by atoms with van der Waals surface area (Å²) < 4.78 is 0. The summed E-state index contributed by atoms with van der Waals surface area (Å²) in [5.41, 5.74) is 4.80. The average molecular weight is 354 g/mol. The Kier molecular flexibility index (Phi) is 4.21. The Morgan fingerprint density at radius 3 is 2.32 bits per heavy atom. The molecule has 2 fully saturated rings. The van der Waals surface area contributed by atoms with Gasteiger partial charge in [-0.05, 0) is 62.3 Å². The molecule has 2 aromatic carbocycles. The van der Waals surface area contributed by atoms with Crippen molar-refractivity contribution in [3.63, 3.8) is 0 Å². The molecule has 25 heavy (non-hydrogen) atoms. The molecule has 2 atom stereocenters. The SMILES string of the molecule is Cc1cc(C)cc(C2CNC(C(=O)C3(c4ccc(Cl)cc4)CC3)C2)c1. The number of carbonyl (C=O) groups is 1. The molecule has 2 nitrogen and oxygen atoms in total. The van der Waals surface area contributed by atoms with Crippen molar-refractivity contribution in [1.82, 2.24) is 5.32 Å². The molecule has 130 valence electrons. The van der Waals surface area contributed by atoms with Crippen molar-refractivity contribution in [3.05, 3.63) is 69.7 Å². The molecular formula is C22H24ClNO. The molecule has 0 aromatic heterocycles. The summed E-state index contributed by atoms with van der Waals surface area (Å²) >= 11 is 6.00. The molecule has 0 bridgehead atoms. The van der Waals surface area contributed by atoms with Crippen molar-refractivity contribution in [2.24, 2.45) is 0 Å². The van der Waals surface area contributed by atoms with Gasteiger partial charge in [0.1, 0.15) is 0 Å². The summed E-state index contributed by atoms with van der Waals surface area (Å²) in [4.78, 5) is 13.2. The predicted octanol–water partition coefficient (Wildman–Crippen LogP) is 4.70. The van der Waals surface area contributed by atoms with Crippen LogP contribution in [0.25, 0.3) is 0 Å². The average Bonchev–Trinajstić information content (AvgIpc) is 3.23. The highest BCUT2D eigenvalue weighted by Crippen LogP contribution is 2.50. The Balaban J connectivity index is 1.51. The van der Waals surface area contributed by atoms with E-state index in [9.17, 15) is 4.79 Å². The monoisotopic (exact) mass is 353 g/mol. The molecule has 1 saturated heterocycles. The summed E-state index contributed by atoms with van der Waals surface area (Å²) in [5, 5.41) is 4.22. The minimum atomic E-state index is -0.278. The van der Waals surface area contributed by atoms with Gasteiger partial charge in [0, 0.05) is 11.6 Å². The molecule has 0 amide bonds. The van der Waals surface area contributed by atoms with Crippen LogP contribution in [0.3, 0.4) is 0 Å². The summed E-state index contributed by atoms with van der Waals surface area (Å²) in [7, 11) is 0. The molecule has 0 radical (unpaired) electrons. The van der Waals surface area contributed by atoms with Crippen LogP contribution in [0.2, 0.25) is 5.02 Å². The zero-order chi connectivity index (χ0) is 17.6. The second-order valence-electron chi connectivity index (χ2n) is 7.77. The van der Waals surface area contributed by atoms with Crippen LogP contribution in [-0.2, 0) is 10.2 Å². The predicted molar refractivity (Wildman–Crippen MR) is 102 cm³/mol. The number of benzene rings is 2. The van der Waals surface area contributed by atoms with Gasteiger partial charge in [-0.25, -0.2) is 0 Å². The molecule has 1 aliphatic carbocycles. The molecule has 2 aliphatic rings. The third-order valence-electron chi connectivity index (χ3n) is 5.78. The summed E-state index contributed by atoms with van der Waals surface area (Å²) in [6, 6.07) is 14.5. The first-order chi connectivity index (χ1) is 12.0. The van der Waals surface area contributed by atoms with Crippen LogP contribution in [0.5, 0.6) is 0 Å². The lowest BCUT2D eigenvalue weighted by Crippen LogP contribution is -2.38. The number of hydrogen-bond acceptors (Lipinski definition) is 2. The molecule has 4 rings (SSSR count). The maximum Gasteiger partial charge on any atom is 0.160 e. The van der Waals surface area contributed by atoms with Crippen molar-refractivity contribution in [2.45, 2.75) is 50.5 Å². The molecule has 1 saturated carbocycles. The van der Waals surface area contributed by atoms with E-state index in [2.05, 4.69) is 37.4 Å². The minimum Gasteiger partial charge on any atom is -0.307 e. The quantitative estimate of drug-likeness (QED) is 0.862. The van der Waals surface area contributed by atoms with Gasteiger partial charge >= 0.3 is 0 Å². The zero-order valence-electron chi connectivity index (χ0n) is 14.8. The number of nitrogens with one attached hydrogen (secondary N) is 1. The van der Waals surface area contributed by atoms with Gasteiger partial charge in [0.05, 0.1) is 11.5 Å². The molecule has 1 aliphatic heterocycles. The number of Topliss-reactive ketones (excluding diaryl/α,β-unsaturated/α-hetero) is 1. The van der Waals surface area contributed by atoms with Gasteiger partial charge in [-0.1, -0.05) is 53.1 Å². The Morgan fingerprint density at radius 2 is 1.72 bits per heavy atom. The van der Waals surface area contributed by atoms with Crippen LogP contribution in [0, 0.1) is 13.8 Å². The van der Waals surface area contributed by atoms with E-state index in [0.29, 0.717) is 11.7 Å². The van der Waals surface area contributed by atoms with Gasteiger partial charge in [0.2, 0.25) is 0 Å². The second kappa shape index (κ2) is 6.26. The number of ketones is 1. The van der Waals surface area contributed by atoms with E-state index < -0.39 is 0 Å². The van der Waals surface area contributed by atoms with Crippen LogP contribution in [-0.4, -0.2) is 18.4 Å². The first-order valence-corrected chi connectivity index (χ1v) is 9.48. The second-order valence-corrected chi connectivity index (χ2v) is 8.20. The lowest BCUT2D eigenvalue weighted by Gasteiger charge is -2.19. The first-order valence-electron chi connectivity index (χ1n) is 9.10. The molecule has 2 aromatic rings. The molecule has 1 N–H and O–H groups in total. The van der Waals surface area contributed by atoms with Crippen molar-refractivity contribution >= 4 is 17.4 Å². The number of carbonyl (C=O) groups excluding carboxylic acids is 1. The highest BCUT2D eigenvalue weighted by molar-refractivity contribution is 6.30. The van der Waals surface area contributed by atoms with E-state index in [1.165, 1.54) is 16.7 Å². The third-order valence-corrected chi connectivity index (χ3v) is 6.03. The van der Waals surface area contributed by atoms with E-state index >= 15 is 0 Å². The molecule has 0 spiro atoms. The van der Waals surface area contributed by atoms with E-state index in [1.807, 2.05) is 24.3 Å². The third kappa shape index (κ3) is 3.14. The zero-order valence-corrected chi connectivity index (χ0v) is 15.6. The van der Waals surface area contributed by atoms with Gasteiger partial charge in [0.15, 0.2) is 5.78 Å². The first kappa shape index (κ1) is 16.8. The normalized spacial score (nSPS) is 24.3. The van der Waals surface area contributed by atoms with Crippen LogP contribution in [0.4, 0.5) is 0 Å². The van der Waals surface area contributed by atoms with Crippen LogP contribution in [0.15, 0.2) is 42.5 Å². The molecule has 2 unspecified atom stereocenters. The summed E-state index contributed by atoms with van der Waals surface area (Å²) in [6.07, 6.45) is 2.82. The van der Waals surface area contributed by atoms with Crippen molar-refractivity contribution in [3.8, 4) is 0 Å². The maximum absolute atomic E-state index is 13.2. The molecular weight excluding hydrogens is 330 g/mol. The number of aryl methyl sites for hydroxylation is 2. The summed E-state index contributed by atoms with van der Waals surface area (Å²) in [6.45, 7) is 5.17. The minimum absolute atomic E-state index is 0.0380. The van der Waals surface area contributed by atoms with E-state index in [-0.39, 0.29) is 11.5 Å². The smallest absolute Gasteiger partial charge is 0.160 e. The Morgan fingerprint density at radius 1 is 1.08 bits per heavy atom. The Bertz CT molecular complexity index is 787. The summed E-state index contributed by atoms with van der Waals surface area (Å²) in [5.74, 6) is 0.787. The van der Waals surface area contributed by atoms with Crippen LogP contribution in [0.1, 0.15) is 47.4 Å². The van der Waals surface area contributed by atoms with E-state index in [1.54, 1.807) is 0 Å². The lowest BCUT2D eigenvalue weighted by atomic mass is 9.85. The fraction of sp³-hybridized carbons (Fsp3) is 0.409. The highest BCUT2D eigenvalue weighted by Gasteiger charge is 2.53. The highest BCUT2D eigenvalue weighted by atomic mass is 35.5. The van der Waals surface area contributed by atoms with E-state index in [0.717, 1.165) is 36.4 Å². The van der Waals surface area contributed by atoms with Gasteiger partial charge in [-0.3, -0.25) is 4.79 Å². The van der Waals surface area contributed by atoms with Gasteiger partial charge in [0.25, 0.3) is 0 Å². The lowest BCUT2D eigenvalue weighted by molar-refractivity contribution is -0.123. The van der Waals surface area contributed by atoms with Crippen LogP contribution >= 0.6 is 11.6 Å². The van der Waals surface area contributed by atoms with Crippen molar-refractivity contribution in [2.75, 3.05) is 6.54 Å². The number of hydrogen-bond donors (Lipinski definition) is 1. The largest absolute Gasteiger partial charge is 0.307 e.